The molecule has 1 aromatic heterocycles. The first-order chi connectivity index (χ1) is 12.8. The molecule has 1 heterocycles. The second kappa shape index (κ2) is 7.78. The molecule has 0 bridgehead atoms. The van der Waals surface area contributed by atoms with Crippen LogP contribution in [0.25, 0.3) is 5.69 Å². The van der Waals surface area contributed by atoms with Crippen molar-refractivity contribution in [3.05, 3.63) is 59.7 Å². The number of hydrogen-bond donors (Lipinski definition) is 1. The maximum absolute atomic E-state index is 12.6. The second-order valence-corrected chi connectivity index (χ2v) is 6.57. The molecule has 10 heteroatoms. The summed E-state index contributed by atoms with van der Waals surface area (Å²) < 4.78 is 39.2. The number of anilines is 1. The van der Waals surface area contributed by atoms with Crippen LogP contribution in [0.3, 0.4) is 0 Å². The van der Waals surface area contributed by atoms with Gasteiger partial charge in [-0.3, -0.25) is 4.79 Å². The van der Waals surface area contributed by atoms with E-state index in [1.165, 1.54) is 16.8 Å². The van der Waals surface area contributed by atoms with Gasteiger partial charge in [-0.25, -0.2) is 0 Å². The number of carbonyl (C=O) groups is 1. The number of aryl methyl sites for hydroxylation is 1. The van der Waals surface area contributed by atoms with E-state index in [-0.39, 0.29) is 17.3 Å². The van der Waals surface area contributed by atoms with Gasteiger partial charge in [-0.15, -0.1) is 5.10 Å². The number of halogens is 3. The molecule has 1 amide bonds. The maximum atomic E-state index is 12.6. The molecule has 0 fully saturated rings. The summed E-state index contributed by atoms with van der Waals surface area (Å²) >= 11 is 1.12. The Balaban J connectivity index is 1.61. The number of nitrogens with one attached hydrogen (secondary N) is 1. The normalized spacial score (nSPS) is 11.4. The molecule has 140 valence electrons. The van der Waals surface area contributed by atoms with Crippen molar-refractivity contribution in [1.82, 2.24) is 20.2 Å². The highest BCUT2D eigenvalue weighted by Gasteiger charge is 2.30. The van der Waals surface area contributed by atoms with Gasteiger partial charge in [0.05, 0.1) is 17.0 Å². The predicted octanol–water partition coefficient (Wildman–Crippen LogP) is 3.72. The van der Waals surface area contributed by atoms with Crippen LogP contribution in [0, 0.1) is 6.92 Å². The van der Waals surface area contributed by atoms with E-state index in [2.05, 4.69) is 20.8 Å². The number of hydrogen-bond acceptors (Lipinski definition) is 5. The summed E-state index contributed by atoms with van der Waals surface area (Å²) in [6.07, 6.45) is -4.41. The Bertz CT molecular complexity index is 940. The van der Waals surface area contributed by atoms with Crippen LogP contribution in [0.15, 0.2) is 53.7 Å². The monoisotopic (exact) mass is 393 g/mol. The van der Waals surface area contributed by atoms with Crippen molar-refractivity contribution in [1.29, 1.82) is 0 Å². The molecule has 0 saturated heterocycles. The topological polar surface area (TPSA) is 72.7 Å². The number of alkyl halides is 3. The number of amides is 1. The van der Waals surface area contributed by atoms with E-state index < -0.39 is 11.7 Å². The first-order valence-corrected chi connectivity index (χ1v) is 8.77. The van der Waals surface area contributed by atoms with Crippen molar-refractivity contribution in [3.63, 3.8) is 0 Å². The molecule has 6 nitrogen and oxygen atoms in total. The molecule has 27 heavy (non-hydrogen) atoms. The summed E-state index contributed by atoms with van der Waals surface area (Å²) in [5.41, 5.74) is 1.32. The van der Waals surface area contributed by atoms with Crippen molar-refractivity contribution in [2.75, 3.05) is 11.1 Å². The predicted molar refractivity (Wildman–Crippen MR) is 94.7 cm³/mol. The van der Waals surface area contributed by atoms with Gasteiger partial charge in [-0.2, -0.15) is 17.9 Å². The van der Waals surface area contributed by atoms with Gasteiger partial charge in [0.15, 0.2) is 0 Å². The van der Waals surface area contributed by atoms with Crippen molar-refractivity contribution < 1.29 is 18.0 Å². The molecule has 0 aliphatic heterocycles. The third-order valence-corrected chi connectivity index (χ3v) is 4.43. The van der Waals surface area contributed by atoms with E-state index in [0.29, 0.717) is 5.16 Å². The highest BCUT2D eigenvalue weighted by Crippen LogP contribution is 2.29. The highest BCUT2D eigenvalue weighted by molar-refractivity contribution is 7.99. The number of tetrazole rings is 1. The number of benzene rings is 2. The number of rotatable bonds is 5. The molecule has 0 radical (unpaired) electrons. The Morgan fingerprint density at radius 3 is 2.59 bits per heavy atom. The zero-order valence-corrected chi connectivity index (χ0v) is 14.9. The minimum Gasteiger partial charge on any atom is -0.325 e. The Morgan fingerprint density at radius 2 is 1.93 bits per heavy atom. The smallest absolute Gasteiger partial charge is 0.325 e. The molecule has 3 aromatic rings. The van der Waals surface area contributed by atoms with Gasteiger partial charge < -0.3 is 5.32 Å². The summed E-state index contributed by atoms with van der Waals surface area (Å²) in [5, 5.41) is 14.4. The van der Waals surface area contributed by atoms with E-state index in [9.17, 15) is 18.0 Å². The van der Waals surface area contributed by atoms with Crippen LogP contribution in [0.1, 0.15) is 11.1 Å². The molecule has 0 aliphatic carbocycles. The lowest BCUT2D eigenvalue weighted by Crippen LogP contribution is -2.15. The number of nitrogens with zero attached hydrogens (tertiary/aromatic N) is 4. The van der Waals surface area contributed by atoms with Crippen molar-refractivity contribution in [2.45, 2.75) is 18.3 Å². The Hall–Kier alpha value is -2.88. The van der Waals surface area contributed by atoms with E-state index in [1.54, 1.807) is 0 Å². The minimum atomic E-state index is -4.41. The summed E-state index contributed by atoms with van der Waals surface area (Å²) in [4.78, 5) is 12.1. The molecule has 3 rings (SSSR count). The van der Waals surface area contributed by atoms with Crippen LogP contribution >= 0.6 is 11.8 Å². The molecule has 0 aliphatic rings. The molecule has 0 saturated carbocycles. The van der Waals surface area contributed by atoms with Crippen LogP contribution in [-0.2, 0) is 11.0 Å². The van der Waals surface area contributed by atoms with Gasteiger partial charge in [0.2, 0.25) is 11.1 Å². The zero-order chi connectivity index (χ0) is 19.4. The van der Waals surface area contributed by atoms with Gasteiger partial charge >= 0.3 is 6.18 Å². The standard InChI is InChI=1S/C17H14F3N5OS/c1-11-3-2-4-14(9-11)25-16(22-23-24-25)27-10-15(26)21-13-7-5-12(6-8-13)17(18,19)20/h2-9H,10H2,1H3,(H,21,26). The Morgan fingerprint density at radius 1 is 1.19 bits per heavy atom. The number of carbonyl (C=O) groups excluding carboxylic acids is 1. The lowest BCUT2D eigenvalue weighted by atomic mass is 10.2. The summed E-state index contributed by atoms with van der Waals surface area (Å²) in [6, 6.07) is 11.8. The van der Waals surface area contributed by atoms with Crippen molar-refractivity contribution in [2.24, 2.45) is 0 Å². The fraction of sp³-hybridized carbons (Fsp3) is 0.176. The molecular formula is C17H14F3N5OS. The minimum absolute atomic E-state index is 0.00715. The van der Waals surface area contributed by atoms with Gasteiger partial charge in [0, 0.05) is 5.69 Å². The van der Waals surface area contributed by atoms with E-state index in [0.717, 1.165) is 35.1 Å². The van der Waals surface area contributed by atoms with Crippen LogP contribution in [0.4, 0.5) is 18.9 Å². The highest BCUT2D eigenvalue weighted by atomic mass is 32.2. The number of aromatic nitrogens is 4. The van der Waals surface area contributed by atoms with Crippen LogP contribution in [-0.4, -0.2) is 31.9 Å². The zero-order valence-electron chi connectivity index (χ0n) is 14.1. The second-order valence-electron chi connectivity index (χ2n) is 5.62. The third-order valence-electron chi connectivity index (χ3n) is 3.52. The lowest BCUT2D eigenvalue weighted by Gasteiger charge is -2.09. The van der Waals surface area contributed by atoms with Gasteiger partial charge in [0.1, 0.15) is 0 Å². The molecule has 0 spiro atoms. The first-order valence-electron chi connectivity index (χ1n) is 7.78. The Labute approximate surface area is 156 Å². The van der Waals surface area contributed by atoms with Crippen LogP contribution < -0.4 is 5.32 Å². The van der Waals surface area contributed by atoms with Gasteiger partial charge in [-0.1, -0.05) is 23.9 Å². The Kier molecular flexibility index (Phi) is 5.45. The van der Waals surface area contributed by atoms with Crippen molar-refractivity contribution >= 4 is 23.4 Å². The maximum Gasteiger partial charge on any atom is 0.416 e. The fourth-order valence-corrected chi connectivity index (χ4v) is 2.95. The van der Waals surface area contributed by atoms with Crippen LogP contribution in [0.5, 0.6) is 0 Å². The molecular weight excluding hydrogens is 379 g/mol. The lowest BCUT2D eigenvalue weighted by molar-refractivity contribution is -0.137. The van der Waals surface area contributed by atoms with Gasteiger partial charge in [0.25, 0.3) is 0 Å². The van der Waals surface area contributed by atoms with Crippen molar-refractivity contribution in [3.8, 4) is 5.69 Å². The molecule has 0 atom stereocenters. The summed E-state index contributed by atoms with van der Waals surface area (Å²) in [6.45, 7) is 1.94. The van der Waals surface area contributed by atoms with E-state index in [1.807, 2.05) is 31.2 Å². The van der Waals surface area contributed by atoms with Gasteiger partial charge in [-0.05, 0) is 59.3 Å². The summed E-state index contributed by atoms with van der Waals surface area (Å²) in [7, 11) is 0. The average molecular weight is 393 g/mol. The molecule has 1 N–H and O–H groups in total. The SMILES string of the molecule is Cc1cccc(-n2nnnc2SCC(=O)Nc2ccc(C(F)(F)F)cc2)c1. The first kappa shape index (κ1) is 18.9. The summed E-state index contributed by atoms with van der Waals surface area (Å²) in [5.74, 6) is -0.369. The largest absolute Gasteiger partial charge is 0.416 e. The third kappa shape index (κ3) is 4.85. The number of thioether (sulfide) groups is 1. The van der Waals surface area contributed by atoms with Crippen LogP contribution in [0.2, 0.25) is 0 Å². The molecule has 0 unspecified atom stereocenters. The quantitative estimate of drug-likeness (QED) is 0.669. The molecule has 2 aromatic carbocycles. The average Bonchev–Trinajstić information content (AvgIpc) is 3.08. The fourth-order valence-electron chi connectivity index (χ4n) is 2.26. The van der Waals surface area contributed by atoms with E-state index >= 15 is 0 Å². The van der Waals surface area contributed by atoms with E-state index in [4.69, 9.17) is 0 Å².